The summed E-state index contributed by atoms with van der Waals surface area (Å²) in [5.74, 6) is 2.31. The number of oxazole rings is 1. The molecule has 0 saturated heterocycles. The highest BCUT2D eigenvalue weighted by molar-refractivity contribution is 14.0. The highest BCUT2D eigenvalue weighted by atomic mass is 127. The monoisotopic (exact) mass is 456 g/mol. The highest BCUT2D eigenvalue weighted by Gasteiger charge is 2.08. The Labute approximate surface area is 167 Å². The molecule has 0 bridgehead atoms. The van der Waals surface area contributed by atoms with Crippen LogP contribution >= 0.6 is 24.0 Å². The second-order valence-corrected chi connectivity index (χ2v) is 6.01. The first-order valence-electron chi connectivity index (χ1n) is 8.60. The van der Waals surface area contributed by atoms with Crippen LogP contribution in [0.25, 0.3) is 0 Å². The molecule has 2 rings (SSSR count). The molecule has 0 aliphatic heterocycles. The molecule has 0 amide bonds. The summed E-state index contributed by atoms with van der Waals surface area (Å²) in [5.41, 5.74) is 2.29. The minimum Gasteiger partial charge on any atom is -0.444 e. The topological polar surface area (TPSA) is 62.5 Å². The fourth-order valence-electron chi connectivity index (χ4n) is 2.41. The molecule has 1 unspecified atom stereocenters. The van der Waals surface area contributed by atoms with Crippen LogP contribution in [-0.2, 0) is 13.0 Å². The zero-order valence-corrected chi connectivity index (χ0v) is 17.8. The van der Waals surface area contributed by atoms with Crippen molar-refractivity contribution in [2.45, 2.75) is 53.1 Å². The maximum atomic E-state index is 5.58. The van der Waals surface area contributed by atoms with Crippen LogP contribution < -0.4 is 10.6 Å². The number of rotatable bonds is 7. The molecular formula is C19H29IN4O. The Hall–Kier alpha value is -1.57. The van der Waals surface area contributed by atoms with E-state index < -0.39 is 0 Å². The van der Waals surface area contributed by atoms with Gasteiger partial charge in [-0.3, -0.25) is 0 Å². The number of aromatic nitrogens is 1. The number of nitrogens with one attached hydrogen (secondary N) is 2. The van der Waals surface area contributed by atoms with Gasteiger partial charge in [-0.15, -0.1) is 24.0 Å². The van der Waals surface area contributed by atoms with Crippen LogP contribution in [0.3, 0.4) is 0 Å². The highest BCUT2D eigenvalue weighted by Crippen LogP contribution is 2.09. The summed E-state index contributed by atoms with van der Waals surface area (Å²) >= 11 is 0. The van der Waals surface area contributed by atoms with Crippen molar-refractivity contribution < 1.29 is 4.42 Å². The Balaban J connectivity index is 0.00000312. The Kier molecular flexibility index (Phi) is 9.55. The Bertz CT molecular complexity index is 635. The van der Waals surface area contributed by atoms with Crippen molar-refractivity contribution in [1.29, 1.82) is 0 Å². The van der Waals surface area contributed by atoms with Gasteiger partial charge in [-0.25, -0.2) is 9.98 Å². The zero-order valence-electron chi connectivity index (χ0n) is 15.5. The van der Waals surface area contributed by atoms with Gasteiger partial charge < -0.3 is 15.1 Å². The Morgan fingerprint density at radius 3 is 2.56 bits per heavy atom. The van der Waals surface area contributed by atoms with Crippen LogP contribution in [0.5, 0.6) is 0 Å². The van der Waals surface area contributed by atoms with Crippen molar-refractivity contribution in [2.24, 2.45) is 4.99 Å². The van der Waals surface area contributed by atoms with Gasteiger partial charge in [-0.1, -0.05) is 30.3 Å². The quantitative estimate of drug-likeness (QED) is 0.376. The molecule has 0 spiro atoms. The summed E-state index contributed by atoms with van der Waals surface area (Å²) in [6, 6.07) is 10.9. The number of aliphatic imine (C=N–C) groups is 1. The van der Waals surface area contributed by atoms with Gasteiger partial charge in [0.1, 0.15) is 12.3 Å². The van der Waals surface area contributed by atoms with E-state index in [2.05, 4.69) is 58.7 Å². The van der Waals surface area contributed by atoms with E-state index in [4.69, 9.17) is 4.42 Å². The number of halogens is 1. The third-order valence-corrected chi connectivity index (χ3v) is 3.88. The molecule has 5 nitrogen and oxygen atoms in total. The molecule has 1 aromatic heterocycles. The molecule has 1 aromatic carbocycles. The fraction of sp³-hybridized carbons (Fsp3) is 0.474. The maximum absolute atomic E-state index is 5.58. The van der Waals surface area contributed by atoms with Gasteiger partial charge in [0, 0.05) is 12.6 Å². The molecule has 0 aliphatic rings. The molecular weight excluding hydrogens is 427 g/mol. The van der Waals surface area contributed by atoms with Crippen LogP contribution in [0.4, 0.5) is 0 Å². The summed E-state index contributed by atoms with van der Waals surface area (Å²) in [6.07, 6.45) is 2.10. The first kappa shape index (κ1) is 21.5. The van der Waals surface area contributed by atoms with Gasteiger partial charge in [-0.05, 0) is 46.1 Å². The number of aryl methyl sites for hydroxylation is 3. The summed E-state index contributed by atoms with van der Waals surface area (Å²) in [4.78, 5) is 8.94. The van der Waals surface area contributed by atoms with E-state index in [0.717, 1.165) is 36.8 Å². The normalized spacial score (nSPS) is 12.4. The summed E-state index contributed by atoms with van der Waals surface area (Å²) in [6.45, 7) is 9.36. The molecule has 2 N–H and O–H groups in total. The van der Waals surface area contributed by atoms with Crippen molar-refractivity contribution >= 4 is 29.9 Å². The first-order valence-corrected chi connectivity index (χ1v) is 8.60. The molecule has 2 aromatic rings. The van der Waals surface area contributed by atoms with E-state index in [-0.39, 0.29) is 24.0 Å². The Morgan fingerprint density at radius 2 is 1.96 bits per heavy atom. The van der Waals surface area contributed by atoms with Crippen molar-refractivity contribution in [3.63, 3.8) is 0 Å². The van der Waals surface area contributed by atoms with Gasteiger partial charge in [0.15, 0.2) is 5.96 Å². The van der Waals surface area contributed by atoms with Crippen LogP contribution in [0.2, 0.25) is 0 Å². The minimum absolute atomic E-state index is 0. The van der Waals surface area contributed by atoms with Crippen molar-refractivity contribution in [3.8, 4) is 0 Å². The van der Waals surface area contributed by atoms with Gasteiger partial charge in [0.25, 0.3) is 0 Å². The second kappa shape index (κ2) is 11.1. The lowest BCUT2D eigenvalue weighted by atomic mass is 10.1. The fourth-order valence-corrected chi connectivity index (χ4v) is 2.41. The van der Waals surface area contributed by atoms with Crippen LogP contribution in [0.15, 0.2) is 39.7 Å². The molecule has 1 atom stereocenters. The van der Waals surface area contributed by atoms with E-state index in [1.165, 1.54) is 5.56 Å². The second-order valence-electron chi connectivity index (χ2n) is 6.01. The van der Waals surface area contributed by atoms with E-state index in [1.54, 1.807) is 0 Å². The summed E-state index contributed by atoms with van der Waals surface area (Å²) < 4.78 is 5.58. The van der Waals surface area contributed by atoms with E-state index >= 15 is 0 Å². The number of nitrogens with zero attached hydrogens (tertiary/aromatic N) is 2. The predicted octanol–water partition coefficient (Wildman–Crippen LogP) is 3.99. The lowest BCUT2D eigenvalue weighted by Crippen LogP contribution is -2.42. The third-order valence-electron chi connectivity index (χ3n) is 3.88. The average molecular weight is 456 g/mol. The van der Waals surface area contributed by atoms with E-state index in [1.807, 2.05) is 19.9 Å². The molecule has 0 fully saturated rings. The molecule has 0 aliphatic carbocycles. The van der Waals surface area contributed by atoms with Crippen LogP contribution in [0, 0.1) is 13.8 Å². The molecule has 0 saturated carbocycles. The minimum atomic E-state index is 0. The molecule has 25 heavy (non-hydrogen) atoms. The van der Waals surface area contributed by atoms with Gasteiger partial charge in [0.2, 0.25) is 5.89 Å². The number of benzene rings is 1. The van der Waals surface area contributed by atoms with Gasteiger partial charge >= 0.3 is 0 Å². The molecule has 6 heteroatoms. The maximum Gasteiger partial charge on any atom is 0.216 e. The molecule has 0 radical (unpaired) electrons. The first-order chi connectivity index (χ1) is 11.6. The SMILES string of the molecule is CCNC(=NCc1nc(C)c(C)o1)NC(C)CCc1ccccc1.I. The van der Waals surface area contributed by atoms with E-state index in [9.17, 15) is 0 Å². The number of guanidine groups is 1. The zero-order chi connectivity index (χ0) is 17.4. The largest absolute Gasteiger partial charge is 0.444 e. The summed E-state index contributed by atoms with van der Waals surface area (Å²) in [7, 11) is 0. The lowest BCUT2D eigenvalue weighted by molar-refractivity contribution is 0.472. The summed E-state index contributed by atoms with van der Waals surface area (Å²) in [5, 5.41) is 6.72. The van der Waals surface area contributed by atoms with Crippen molar-refractivity contribution in [1.82, 2.24) is 15.6 Å². The standard InChI is InChI=1S/C19H28N4O.HI/c1-5-20-19(21-13-18-23-15(3)16(4)24-18)22-14(2)11-12-17-9-7-6-8-10-17;/h6-10,14H,5,11-13H2,1-4H3,(H2,20,21,22);1H. The van der Waals surface area contributed by atoms with Gasteiger partial charge in [0.05, 0.1) is 5.69 Å². The van der Waals surface area contributed by atoms with Crippen molar-refractivity contribution in [2.75, 3.05) is 6.54 Å². The lowest BCUT2D eigenvalue weighted by Gasteiger charge is -2.17. The van der Waals surface area contributed by atoms with Crippen LogP contribution in [0.1, 0.15) is 43.2 Å². The van der Waals surface area contributed by atoms with Crippen molar-refractivity contribution in [3.05, 3.63) is 53.2 Å². The smallest absolute Gasteiger partial charge is 0.216 e. The van der Waals surface area contributed by atoms with E-state index in [0.29, 0.717) is 18.5 Å². The average Bonchev–Trinajstić information content (AvgIpc) is 2.90. The third kappa shape index (κ3) is 7.46. The molecule has 1 heterocycles. The Morgan fingerprint density at radius 1 is 1.24 bits per heavy atom. The molecule has 138 valence electrons. The number of hydrogen-bond donors (Lipinski definition) is 2. The van der Waals surface area contributed by atoms with Gasteiger partial charge in [-0.2, -0.15) is 0 Å². The van der Waals surface area contributed by atoms with Crippen LogP contribution in [-0.4, -0.2) is 23.5 Å². The predicted molar refractivity (Wildman–Crippen MR) is 114 cm³/mol. The number of hydrogen-bond acceptors (Lipinski definition) is 3.